The zero-order valence-electron chi connectivity index (χ0n) is 17.4. The Labute approximate surface area is 212 Å². The summed E-state index contributed by atoms with van der Waals surface area (Å²) in [5.74, 6) is -3.93. The fourth-order valence-electron chi connectivity index (χ4n) is 3.11. The highest BCUT2D eigenvalue weighted by Crippen LogP contribution is 2.41. The second-order valence-electron chi connectivity index (χ2n) is 6.67. The van der Waals surface area contributed by atoms with Crippen molar-refractivity contribution in [1.29, 1.82) is 0 Å². The Hall–Kier alpha value is -3.29. The van der Waals surface area contributed by atoms with Gasteiger partial charge in [-0.2, -0.15) is 13.7 Å². The monoisotopic (exact) mass is 558 g/mol. The molecule has 4 heterocycles. The third-order valence-electron chi connectivity index (χ3n) is 4.56. The second kappa shape index (κ2) is 10.1. The number of oxime groups is 1. The Kier molecular flexibility index (Phi) is 7.19. The Balaban J connectivity index is 1.48. The van der Waals surface area contributed by atoms with Gasteiger partial charge in [0, 0.05) is 23.0 Å². The quantitative estimate of drug-likeness (QED) is 0.132. The van der Waals surface area contributed by atoms with Gasteiger partial charge in [-0.3, -0.25) is 14.5 Å². The Bertz CT molecular complexity index is 1270. The average Bonchev–Trinajstić information content (AvgIpc) is 3.47. The van der Waals surface area contributed by atoms with Gasteiger partial charge in [-0.1, -0.05) is 16.9 Å². The summed E-state index contributed by atoms with van der Waals surface area (Å²) in [5, 5.41) is 24.3. The molecule has 2 aliphatic rings. The van der Waals surface area contributed by atoms with E-state index in [4.69, 9.17) is 10.8 Å². The van der Waals surface area contributed by atoms with Crippen LogP contribution >= 0.6 is 46.6 Å². The van der Waals surface area contributed by atoms with Crippen LogP contribution in [-0.2, 0) is 19.2 Å². The van der Waals surface area contributed by atoms with Crippen LogP contribution in [-0.4, -0.2) is 93.3 Å². The lowest BCUT2D eigenvalue weighted by Crippen LogP contribution is -2.71. The van der Waals surface area contributed by atoms with Crippen LogP contribution < -0.4 is 11.1 Å². The number of nitrogen functional groups attached to an aromatic ring is 1. The van der Waals surface area contributed by atoms with Gasteiger partial charge in [0.05, 0.1) is 0 Å². The summed E-state index contributed by atoms with van der Waals surface area (Å²) in [5.41, 5.74) is 5.55. The van der Waals surface area contributed by atoms with Crippen molar-refractivity contribution in [2.45, 2.75) is 15.8 Å². The van der Waals surface area contributed by atoms with Crippen LogP contribution in [0.2, 0.25) is 0 Å². The minimum atomic E-state index is -1.30. The maximum absolute atomic E-state index is 12.9. The molecule has 2 aromatic rings. The van der Waals surface area contributed by atoms with Crippen LogP contribution in [0.15, 0.2) is 20.8 Å². The number of nitrogens with one attached hydrogen (secondary N) is 1. The number of rotatable bonds is 9. The standard InChI is InChI=1S/C16H14N8O7S4/c1-31-21-5(8-19-15(17)34-22-8)10(25)18-6-11(26)24-7(13(27)28)4(2-32-12(6)24)3-33-16-20-9(14(29)30)23-35-16/h6,12H,2-3H2,1H3,(H,18,25)(H,27,28)(H,29,30)(H2,17,19,22)/b21-5+/t6?,12-/m1/s1. The molecule has 0 aliphatic carbocycles. The van der Waals surface area contributed by atoms with Crippen LogP contribution in [0.5, 0.6) is 0 Å². The number of carbonyl (C=O) groups excluding carboxylic acids is 2. The van der Waals surface area contributed by atoms with E-state index in [0.29, 0.717) is 9.91 Å². The van der Waals surface area contributed by atoms with E-state index >= 15 is 0 Å². The van der Waals surface area contributed by atoms with E-state index < -0.39 is 35.2 Å². The highest BCUT2D eigenvalue weighted by atomic mass is 32.2. The summed E-state index contributed by atoms with van der Waals surface area (Å²) in [4.78, 5) is 62.1. The molecule has 184 valence electrons. The van der Waals surface area contributed by atoms with Crippen LogP contribution in [0.25, 0.3) is 0 Å². The summed E-state index contributed by atoms with van der Waals surface area (Å²) >= 11 is 4.13. The minimum absolute atomic E-state index is 0.0695. The number of β-lactam (4-membered cyclic amide) rings is 1. The number of nitrogens with two attached hydrogens (primary N) is 1. The number of carbonyl (C=O) groups is 4. The van der Waals surface area contributed by atoms with Gasteiger partial charge in [0.15, 0.2) is 9.47 Å². The summed E-state index contributed by atoms with van der Waals surface area (Å²) in [6, 6.07) is -1.00. The summed E-state index contributed by atoms with van der Waals surface area (Å²) < 4.78 is 7.97. The number of hydrogen-bond donors (Lipinski definition) is 4. The SMILES string of the molecule is CO/N=C(/C(=O)NC1C(=O)N2C(C(=O)O)=C(CSc3nc(C(=O)O)ns3)CS[C@H]12)c1nsc(N)n1. The van der Waals surface area contributed by atoms with Gasteiger partial charge in [-0.25, -0.2) is 14.6 Å². The summed E-state index contributed by atoms with van der Waals surface area (Å²) in [7, 11) is 1.23. The van der Waals surface area contributed by atoms with E-state index in [9.17, 15) is 24.3 Å². The van der Waals surface area contributed by atoms with Crippen LogP contribution in [0.4, 0.5) is 5.13 Å². The van der Waals surface area contributed by atoms with Gasteiger partial charge in [0.25, 0.3) is 17.6 Å². The van der Waals surface area contributed by atoms with E-state index in [1.54, 1.807) is 0 Å². The van der Waals surface area contributed by atoms with E-state index in [1.807, 2.05) is 0 Å². The molecule has 0 saturated carbocycles. The number of fused-ring (bicyclic) bond motifs is 1. The van der Waals surface area contributed by atoms with Gasteiger partial charge >= 0.3 is 11.9 Å². The van der Waals surface area contributed by atoms with Crippen molar-refractivity contribution in [1.82, 2.24) is 28.9 Å². The van der Waals surface area contributed by atoms with E-state index in [2.05, 4.69) is 34.0 Å². The number of nitrogens with zero attached hydrogens (tertiary/aromatic N) is 6. The van der Waals surface area contributed by atoms with Crippen LogP contribution in [0.1, 0.15) is 16.4 Å². The van der Waals surface area contributed by atoms with Crippen LogP contribution in [0.3, 0.4) is 0 Å². The Morgan fingerprint density at radius 3 is 2.57 bits per heavy atom. The summed E-state index contributed by atoms with van der Waals surface area (Å²) in [6.45, 7) is 0. The van der Waals surface area contributed by atoms with Crippen molar-refractivity contribution in [2.75, 3.05) is 24.3 Å². The summed E-state index contributed by atoms with van der Waals surface area (Å²) in [6.07, 6.45) is 0. The predicted octanol–water partition coefficient (Wildman–Crippen LogP) is -0.449. The molecule has 2 aliphatic heterocycles. The van der Waals surface area contributed by atoms with E-state index in [0.717, 1.165) is 39.7 Å². The first-order chi connectivity index (χ1) is 16.7. The predicted molar refractivity (Wildman–Crippen MR) is 125 cm³/mol. The topological polar surface area (TPSA) is 223 Å². The fraction of sp³-hybridized carbons (Fsp3) is 0.312. The van der Waals surface area contributed by atoms with Crippen molar-refractivity contribution < 1.29 is 34.2 Å². The van der Waals surface area contributed by atoms with Gasteiger partial charge < -0.3 is 26.1 Å². The van der Waals surface area contributed by atoms with Crippen molar-refractivity contribution in [3.63, 3.8) is 0 Å². The molecule has 0 aromatic carbocycles. The van der Waals surface area contributed by atoms with Crippen molar-refractivity contribution in [3.8, 4) is 0 Å². The molecule has 0 bridgehead atoms. The lowest BCUT2D eigenvalue weighted by atomic mass is 10.0. The lowest BCUT2D eigenvalue weighted by Gasteiger charge is -2.49. The number of thioether (sulfide) groups is 2. The molecule has 15 nitrogen and oxygen atoms in total. The molecule has 2 amide bonds. The number of hydrogen-bond acceptors (Lipinski definition) is 15. The first kappa shape index (κ1) is 24.8. The molecule has 4 rings (SSSR count). The van der Waals surface area contributed by atoms with Crippen molar-refractivity contribution >= 4 is 81.2 Å². The molecule has 1 unspecified atom stereocenters. The molecule has 0 spiro atoms. The molecule has 2 aromatic heterocycles. The van der Waals surface area contributed by atoms with Gasteiger partial charge in [0.1, 0.15) is 24.2 Å². The molecule has 1 saturated heterocycles. The maximum Gasteiger partial charge on any atom is 0.375 e. The highest BCUT2D eigenvalue weighted by Gasteiger charge is 2.54. The average molecular weight is 559 g/mol. The number of carboxylic acids is 2. The maximum atomic E-state index is 12.9. The Morgan fingerprint density at radius 1 is 1.23 bits per heavy atom. The first-order valence-corrected chi connectivity index (χ1v) is 12.9. The molecule has 35 heavy (non-hydrogen) atoms. The molecule has 2 atom stereocenters. The van der Waals surface area contributed by atoms with E-state index in [-0.39, 0.29) is 39.7 Å². The smallest absolute Gasteiger partial charge is 0.375 e. The molecule has 0 radical (unpaired) electrons. The third-order valence-corrected chi connectivity index (χ3v) is 8.36. The minimum Gasteiger partial charge on any atom is -0.477 e. The third kappa shape index (κ3) is 4.92. The lowest BCUT2D eigenvalue weighted by molar-refractivity contribution is -0.150. The zero-order chi connectivity index (χ0) is 25.3. The number of carboxylic acid groups (broad SMARTS) is 2. The number of anilines is 1. The largest absolute Gasteiger partial charge is 0.477 e. The molecule has 5 N–H and O–H groups in total. The number of aromatic carboxylic acids is 1. The second-order valence-corrected chi connectivity index (χ2v) is 10.5. The normalized spacial score (nSPS) is 19.7. The van der Waals surface area contributed by atoms with Crippen LogP contribution in [0, 0.1) is 0 Å². The molecule has 1 fully saturated rings. The fourth-order valence-corrected chi connectivity index (χ4v) is 6.62. The first-order valence-electron chi connectivity index (χ1n) is 9.32. The van der Waals surface area contributed by atoms with Gasteiger partial charge in [-0.05, 0) is 17.1 Å². The Morgan fingerprint density at radius 2 is 1.97 bits per heavy atom. The molecular weight excluding hydrogens is 544 g/mol. The molecule has 19 heteroatoms. The van der Waals surface area contributed by atoms with E-state index in [1.165, 1.54) is 18.9 Å². The zero-order valence-corrected chi connectivity index (χ0v) is 20.7. The number of aliphatic carboxylic acids is 1. The van der Waals surface area contributed by atoms with Crippen molar-refractivity contribution in [2.24, 2.45) is 5.16 Å². The number of aromatic nitrogens is 4. The van der Waals surface area contributed by atoms with Gasteiger partial charge in [-0.15, -0.1) is 11.8 Å². The van der Waals surface area contributed by atoms with Crippen molar-refractivity contribution in [3.05, 3.63) is 22.9 Å². The highest BCUT2D eigenvalue weighted by molar-refractivity contribution is 8.01. The van der Waals surface area contributed by atoms with Gasteiger partial charge in [0.2, 0.25) is 11.5 Å². The molecular formula is C16H14N8O7S4. The number of amides is 2.